The molecular weight excluding hydrogens is 158 g/mol. The van der Waals surface area contributed by atoms with Crippen LogP contribution in [0.5, 0.6) is 0 Å². The summed E-state index contributed by atoms with van der Waals surface area (Å²) in [5, 5.41) is 0. The molecule has 0 aromatic heterocycles. The third-order valence-electron chi connectivity index (χ3n) is 3.35. The summed E-state index contributed by atoms with van der Waals surface area (Å²) in [6.07, 6.45) is 12.5. The van der Waals surface area contributed by atoms with Crippen molar-refractivity contribution >= 4 is 0 Å². The standard InChI is InChI=1S/C12H21N/c1-3-4-9-12(13)11-8-6-5-7-10(11)2/h1,10-12H,4-9,13H2,2H3. The van der Waals surface area contributed by atoms with Gasteiger partial charge in [0.15, 0.2) is 0 Å². The average Bonchev–Trinajstić information content (AvgIpc) is 2.15. The number of rotatable bonds is 3. The van der Waals surface area contributed by atoms with Crippen molar-refractivity contribution in [2.75, 3.05) is 0 Å². The van der Waals surface area contributed by atoms with Gasteiger partial charge in [-0.15, -0.1) is 12.3 Å². The first kappa shape index (κ1) is 10.6. The molecule has 1 aliphatic carbocycles. The van der Waals surface area contributed by atoms with Gasteiger partial charge in [-0.05, 0) is 24.7 Å². The van der Waals surface area contributed by atoms with Gasteiger partial charge in [0.2, 0.25) is 0 Å². The van der Waals surface area contributed by atoms with Crippen molar-refractivity contribution in [3.63, 3.8) is 0 Å². The first-order valence-corrected chi connectivity index (χ1v) is 5.44. The van der Waals surface area contributed by atoms with E-state index in [2.05, 4.69) is 12.8 Å². The van der Waals surface area contributed by atoms with E-state index in [1.165, 1.54) is 25.7 Å². The monoisotopic (exact) mass is 179 g/mol. The number of hydrogen-bond acceptors (Lipinski definition) is 1. The van der Waals surface area contributed by atoms with Crippen LogP contribution >= 0.6 is 0 Å². The second-order valence-electron chi connectivity index (χ2n) is 4.33. The lowest BCUT2D eigenvalue weighted by Gasteiger charge is -2.33. The summed E-state index contributed by atoms with van der Waals surface area (Å²) < 4.78 is 0. The van der Waals surface area contributed by atoms with Crippen LogP contribution in [-0.2, 0) is 0 Å². The number of terminal acetylenes is 1. The van der Waals surface area contributed by atoms with E-state index in [1.54, 1.807) is 0 Å². The van der Waals surface area contributed by atoms with E-state index in [9.17, 15) is 0 Å². The molecule has 1 aliphatic rings. The summed E-state index contributed by atoms with van der Waals surface area (Å²) in [6, 6.07) is 0.339. The summed E-state index contributed by atoms with van der Waals surface area (Å²) in [5.41, 5.74) is 6.13. The van der Waals surface area contributed by atoms with E-state index in [0.29, 0.717) is 6.04 Å². The fraction of sp³-hybridized carbons (Fsp3) is 0.833. The zero-order chi connectivity index (χ0) is 9.68. The molecule has 0 spiro atoms. The normalized spacial score (nSPS) is 30.8. The molecule has 1 saturated carbocycles. The van der Waals surface area contributed by atoms with Gasteiger partial charge in [0.1, 0.15) is 0 Å². The Balaban J connectivity index is 2.35. The topological polar surface area (TPSA) is 26.0 Å². The van der Waals surface area contributed by atoms with E-state index in [4.69, 9.17) is 12.2 Å². The minimum atomic E-state index is 0.339. The summed E-state index contributed by atoms with van der Waals surface area (Å²) in [4.78, 5) is 0. The van der Waals surface area contributed by atoms with Gasteiger partial charge in [-0.1, -0.05) is 26.2 Å². The highest BCUT2D eigenvalue weighted by atomic mass is 14.7. The third kappa shape index (κ3) is 3.04. The SMILES string of the molecule is C#CCCC(N)C1CCCCC1C. The van der Waals surface area contributed by atoms with Crippen molar-refractivity contribution in [1.29, 1.82) is 0 Å². The molecule has 1 fully saturated rings. The van der Waals surface area contributed by atoms with Crippen molar-refractivity contribution in [3.05, 3.63) is 0 Å². The van der Waals surface area contributed by atoms with Crippen LogP contribution in [0.1, 0.15) is 45.4 Å². The molecule has 0 aliphatic heterocycles. The molecular formula is C12H21N. The highest BCUT2D eigenvalue weighted by Gasteiger charge is 2.25. The first-order chi connectivity index (χ1) is 6.25. The van der Waals surface area contributed by atoms with Gasteiger partial charge in [-0.3, -0.25) is 0 Å². The van der Waals surface area contributed by atoms with Crippen LogP contribution < -0.4 is 5.73 Å². The number of nitrogens with two attached hydrogens (primary N) is 1. The van der Waals surface area contributed by atoms with Crippen molar-refractivity contribution < 1.29 is 0 Å². The molecule has 3 atom stereocenters. The molecule has 0 bridgehead atoms. The Hall–Kier alpha value is -0.480. The summed E-state index contributed by atoms with van der Waals surface area (Å²) in [6.45, 7) is 2.33. The van der Waals surface area contributed by atoms with E-state index in [0.717, 1.165) is 24.7 Å². The maximum Gasteiger partial charge on any atom is 0.0101 e. The van der Waals surface area contributed by atoms with Gasteiger partial charge in [0.05, 0.1) is 0 Å². The van der Waals surface area contributed by atoms with Gasteiger partial charge in [-0.2, -0.15) is 0 Å². The first-order valence-electron chi connectivity index (χ1n) is 5.44. The molecule has 13 heavy (non-hydrogen) atoms. The molecule has 0 aromatic rings. The van der Waals surface area contributed by atoms with E-state index in [-0.39, 0.29) is 0 Å². The molecule has 74 valence electrons. The summed E-state index contributed by atoms with van der Waals surface area (Å²) >= 11 is 0. The smallest absolute Gasteiger partial charge is 0.0101 e. The molecule has 3 unspecified atom stereocenters. The van der Waals surface area contributed by atoms with Crippen LogP contribution in [0.4, 0.5) is 0 Å². The highest BCUT2D eigenvalue weighted by Crippen LogP contribution is 2.32. The zero-order valence-electron chi connectivity index (χ0n) is 8.63. The minimum Gasteiger partial charge on any atom is -0.327 e. The largest absolute Gasteiger partial charge is 0.327 e. The molecule has 0 amide bonds. The second kappa shape index (κ2) is 5.29. The van der Waals surface area contributed by atoms with Crippen molar-refractivity contribution in [3.8, 4) is 12.3 Å². The molecule has 1 heteroatoms. The lowest BCUT2D eigenvalue weighted by molar-refractivity contribution is 0.212. The van der Waals surface area contributed by atoms with Gasteiger partial charge in [0, 0.05) is 12.5 Å². The third-order valence-corrected chi connectivity index (χ3v) is 3.35. The average molecular weight is 179 g/mol. The molecule has 0 saturated heterocycles. The van der Waals surface area contributed by atoms with E-state index < -0.39 is 0 Å². The van der Waals surface area contributed by atoms with Crippen molar-refractivity contribution in [2.24, 2.45) is 17.6 Å². The fourth-order valence-corrected chi connectivity index (χ4v) is 2.45. The Bertz CT molecular complexity index is 180. The van der Waals surface area contributed by atoms with Crippen LogP contribution in [-0.4, -0.2) is 6.04 Å². The van der Waals surface area contributed by atoms with Gasteiger partial charge >= 0.3 is 0 Å². The minimum absolute atomic E-state index is 0.339. The van der Waals surface area contributed by atoms with Crippen LogP contribution in [0.3, 0.4) is 0 Å². The van der Waals surface area contributed by atoms with E-state index in [1.807, 2.05) is 0 Å². The van der Waals surface area contributed by atoms with Crippen molar-refractivity contribution in [1.82, 2.24) is 0 Å². The quantitative estimate of drug-likeness (QED) is 0.662. The van der Waals surface area contributed by atoms with Crippen molar-refractivity contribution in [2.45, 2.75) is 51.5 Å². The maximum atomic E-state index is 6.13. The Kier molecular flexibility index (Phi) is 4.32. The summed E-state index contributed by atoms with van der Waals surface area (Å²) in [5.74, 6) is 4.20. The lowest BCUT2D eigenvalue weighted by Crippen LogP contribution is -2.35. The van der Waals surface area contributed by atoms with Crippen LogP contribution in [0, 0.1) is 24.2 Å². The zero-order valence-corrected chi connectivity index (χ0v) is 8.63. The Labute approximate surface area is 82.1 Å². The van der Waals surface area contributed by atoms with Gasteiger partial charge in [-0.25, -0.2) is 0 Å². The summed E-state index contributed by atoms with van der Waals surface area (Å²) in [7, 11) is 0. The van der Waals surface area contributed by atoms with Crippen LogP contribution in [0.2, 0.25) is 0 Å². The Morgan fingerprint density at radius 2 is 2.15 bits per heavy atom. The molecule has 0 aromatic carbocycles. The fourth-order valence-electron chi connectivity index (χ4n) is 2.45. The Morgan fingerprint density at radius 1 is 1.46 bits per heavy atom. The molecule has 0 heterocycles. The van der Waals surface area contributed by atoms with Gasteiger partial charge in [0.25, 0.3) is 0 Å². The number of hydrogen-bond donors (Lipinski definition) is 1. The van der Waals surface area contributed by atoms with Crippen LogP contribution in [0.15, 0.2) is 0 Å². The molecule has 2 N–H and O–H groups in total. The molecule has 1 nitrogen and oxygen atoms in total. The predicted octanol–water partition coefficient (Wildman–Crippen LogP) is 2.55. The van der Waals surface area contributed by atoms with Gasteiger partial charge < -0.3 is 5.73 Å². The maximum absolute atomic E-state index is 6.13. The Morgan fingerprint density at radius 3 is 2.77 bits per heavy atom. The molecule has 1 rings (SSSR count). The predicted molar refractivity (Wildman–Crippen MR) is 57.2 cm³/mol. The van der Waals surface area contributed by atoms with E-state index >= 15 is 0 Å². The molecule has 0 radical (unpaired) electrons. The highest BCUT2D eigenvalue weighted by molar-refractivity contribution is 4.88. The second-order valence-corrected chi connectivity index (χ2v) is 4.33. The lowest BCUT2D eigenvalue weighted by atomic mass is 9.75. The van der Waals surface area contributed by atoms with Crippen LogP contribution in [0.25, 0.3) is 0 Å².